The lowest BCUT2D eigenvalue weighted by Gasteiger charge is -2.24. The molecule has 0 aromatic rings. The molecule has 1 unspecified atom stereocenters. The topological polar surface area (TPSA) is 49.4 Å². The first kappa shape index (κ1) is 10.5. The number of urea groups is 1. The van der Waals surface area contributed by atoms with Gasteiger partial charge in [-0.05, 0) is 32.6 Å². The molecule has 4 heteroatoms. The molecule has 2 aliphatic rings. The second kappa shape index (κ2) is 4.21. The van der Waals surface area contributed by atoms with Gasteiger partial charge in [0.25, 0.3) is 0 Å². The van der Waals surface area contributed by atoms with Gasteiger partial charge in [0, 0.05) is 25.0 Å². The molecule has 2 rings (SSSR count). The van der Waals surface area contributed by atoms with E-state index in [-0.39, 0.29) is 17.9 Å². The van der Waals surface area contributed by atoms with E-state index in [0.717, 1.165) is 32.2 Å². The maximum atomic E-state index is 11.8. The zero-order valence-corrected chi connectivity index (χ0v) is 9.16. The number of nitrogens with zero attached hydrogens (tertiary/aromatic N) is 1. The van der Waals surface area contributed by atoms with E-state index in [9.17, 15) is 9.59 Å². The summed E-state index contributed by atoms with van der Waals surface area (Å²) in [5.41, 5.74) is 0. The minimum Gasteiger partial charge on any atom is -0.335 e. The summed E-state index contributed by atoms with van der Waals surface area (Å²) in [5.74, 6) is 0.172. The van der Waals surface area contributed by atoms with Gasteiger partial charge in [0.1, 0.15) is 5.78 Å². The first-order valence-corrected chi connectivity index (χ1v) is 5.73. The van der Waals surface area contributed by atoms with E-state index in [2.05, 4.69) is 5.32 Å². The van der Waals surface area contributed by atoms with Gasteiger partial charge in [-0.1, -0.05) is 0 Å². The molecule has 4 nitrogen and oxygen atoms in total. The van der Waals surface area contributed by atoms with Crippen LogP contribution in [-0.2, 0) is 4.79 Å². The van der Waals surface area contributed by atoms with Crippen LogP contribution in [0.4, 0.5) is 4.79 Å². The molecule has 2 fully saturated rings. The number of nitrogens with one attached hydrogen (secondary N) is 1. The molecule has 0 radical (unpaired) electrons. The Morgan fingerprint density at radius 1 is 1.33 bits per heavy atom. The van der Waals surface area contributed by atoms with Crippen molar-refractivity contribution < 1.29 is 9.59 Å². The zero-order chi connectivity index (χ0) is 10.8. The van der Waals surface area contributed by atoms with Crippen molar-refractivity contribution in [1.29, 1.82) is 0 Å². The predicted molar refractivity (Wildman–Crippen MR) is 56.6 cm³/mol. The van der Waals surface area contributed by atoms with Crippen LogP contribution in [0.3, 0.4) is 0 Å². The van der Waals surface area contributed by atoms with Crippen molar-refractivity contribution in [2.24, 2.45) is 0 Å². The number of carbonyl (C=O) groups excluding carboxylic acids is 2. The highest BCUT2D eigenvalue weighted by atomic mass is 16.2. The van der Waals surface area contributed by atoms with Crippen LogP contribution in [0, 0.1) is 0 Å². The number of rotatable bonds is 3. The largest absolute Gasteiger partial charge is 0.335 e. The summed E-state index contributed by atoms with van der Waals surface area (Å²) in [5, 5.41) is 2.97. The first-order chi connectivity index (χ1) is 7.16. The summed E-state index contributed by atoms with van der Waals surface area (Å²) < 4.78 is 0. The summed E-state index contributed by atoms with van der Waals surface area (Å²) in [6.45, 7) is 2.39. The Bertz CT molecular complexity index is 274. The van der Waals surface area contributed by atoms with Gasteiger partial charge in [-0.15, -0.1) is 0 Å². The number of carbonyl (C=O) groups is 2. The molecule has 1 atom stereocenters. The smallest absolute Gasteiger partial charge is 0.317 e. The molecule has 0 aromatic carbocycles. The summed E-state index contributed by atoms with van der Waals surface area (Å²) in [4.78, 5) is 24.7. The number of ketones is 1. The molecule has 15 heavy (non-hydrogen) atoms. The van der Waals surface area contributed by atoms with E-state index >= 15 is 0 Å². The second-order valence-corrected chi connectivity index (χ2v) is 4.62. The standard InChI is InChI=1S/C11H18N2O2/c1-8(14)7-10-3-2-6-13(10)11(15)12-9-4-5-9/h9-10H,2-7H2,1H3,(H,12,15). The van der Waals surface area contributed by atoms with Crippen molar-refractivity contribution in [3.63, 3.8) is 0 Å². The summed E-state index contributed by atoms with van der Waals surface area (Å²) in [6, 6.07) is 0.568. The number of amides is 2. The fourth-order valence-electron chi connectivity index (χ4n) is 2.13. The Kier molecular flexibility index (Phi) is 2.93. The Morgan fingerprint density at radius 3 is 2.67 bits per heavy atom. The summed E-state index contributed by atoms with van der Waals surface area (Å²) in [6.07, 6.45) is 4.72. The third-order valence-electron chi connectivity index (χ3n) is 3.07. The Hall–Kier alpha value is -1.06. The molecule has 84 valence electrons. The molecule has 1 heterocycles. The van der Waals surface area contributed by atoms with Crippen molar-refractivity contribution >= 4 is 11.8 Å². The van der Waals surface area contributed by atoms with Crippen LogP contribution in [0.5, 0.6) is 0 Å². The van der Waals surface area contributed by atoms with Crippen LogP contribution in [0.2, 0.25) is 0 Å². The first-order valence-electron chi connectivity index (χ1n) is 5.73. The van der Waals surface area contributed by atoms with Crippen molar-refractivity contribution in [1.82, 2.24) is 10.2 Å². The maximum absolute atomic E-state index is 11.8. The molecule has 1 saturated carbocycles. The monoisotopic (exact) mass is 210 g/mol. The molecular formula is C11H18N2O2. The van der Waals surface area contributed by atoms with E-state index < -0.39 is 0 Å². The van der Waals surface area contributed by atoms with Gasteiger partial charge in [0.05, 0.1) is 0 Å². The number of Topliss-reactive ketones (excluding diaryl/α,β-unsaturated/α-hetero) is 1. The Morgan fingerprint density at radius 2 is 2.07 bits per heavy atom. The maximum Gasteiger partial charge on any atom is 0.317 e. The van der Waals surface area contributed by atoms with Crippen LogP contribution in [0.25, 0.3) is 0 Å². The lowest BCUT2D eigenvalue weighted by molar-refractivity contribution is -0.117. The van der Waals surface area contributed by atoms with Crippen LogP contribution in [0.15, 0.2) is 0 Å². The third-order valence-corrected chi connectivity index (χ3v) is 3.07. The lowest BCUT2D eigenvalue weighted by Crippen LogP contribution is -2.44. The Labute approximate surface area is 90.0 Å². The van der Waals surface area contributed by atoms with Crippen LogP contribution in [0.1, 0.15) is 39.0 Å². The highest BCUT2D eigenvalue weighted by molar-refractivity contribution is 5.79. The van der Waals surface area contributed by atoms with Crippen molar-refractivity contribution in [3.8, 4) is 0 Å². The number of hydrogen-bond acceptors (Lipinski definition) is 2. The molecule has 2 amide bonds. The molecule has 0 bridgehead atoms. The number of likely N-dealkylation sites (tertiary alicyclic amines) is 1. The van der Waals surface area contributed by atoms with Crippen LogP contribution in [-0.4, -0.2) is 35.3 Å². The number of hydrogen-bond donors (Lipinski definition) is 1. The van der Waals surface area contributed by atoms with Crippen molar-refractivity contribution in [3.05, 3.63) is 0 Å². The van der Waals surface area contributed by atoms with Gasteiger partial charge in [-0.25, -0.2) is 4.79 Å². The van der Waals surface area contributed by atoms with Gasteiger partial charge in [-0.2, -0.15) is 0 Å². The molecule has 0 spiro atoms. The van der Waals surface area contributed by atoms with Gasteiger partial charge in [0.15, 0.2) is 0 Å². The van der Waals surface area contributed by atoms with Gasteiger partial charge < -0.3 is 10.2 Å². The third kappa shape index (κ3) is 2.70. The second-order valence-electron chi connectivity index (χ2n) is 4.62. The summed E-state index contributed by atoms with van der Waals surface area (Å²) >= 11 is 0. The minimum atomic E-state index is 0.0289. The van der Waals surface area contributed by atoms with E-state index in [0.29, 0.717) is 12.5 Å². The van der Waals surface area contributed by atoms with E-state index in [1.54, 1.807) is 6.92 Å². The normalized spacial score (nSPS) is 25.4. The SMILES string of the molecule is CC(=O)CC1CCCN1C(=O)NC1CC1. The molecule has 1 aliphatic heterocycles. The van der Waals surface area contributed by atoms with E-state index in [1.807, 2.05) is 4.90 Å². The Balaban J connectivity index is 1.87. The van der Waals surface area contributed by atoms with Crippen LogP contribution >= 0.6 is 0 Å². The fraction of sp³-hybridized carbons (Fsp3) is 0.818. The summed E-state index contributed by atoms with van der Waals surface area (Å²) in [7, 11) is 0. The van der Waals surface area contributed by atoms with Gasteiger partial charge >= 0.3 is 6.03 Å². The van der Waals surface area contributed by atoms with Crippen molar-refractivity contribution in [2.75, 3.05) is 6.54 Å². The average Bonchev–Trinajstić information content (AvgIpc) is 2.83. The van der Waals surface area contributed by atoms with E-state index in [1.165, 1.54) is 0 Å². The van der Waals surface area contributed by atoms with Gasteiger partial charge in [-0.3, -0.25) is 4.79 Å². The quantitative estimate of drug-likeness (QED) is 0.763. The molecule has 0 aromatic heterocycles. The van der Waals surface area contributed by atoms with Crippen molar-refractivity contribution in [2.45, 2.75) is 51.1 Å². The van der Waals surface area contributed by atoms with Crippen LogP contribution < -0.4 is 5.32 Å². The molecule has 1 saturated heterocycles. The highest BCUT2D eigenvalue weighted by Crippen LogP contribution is 2.23. The molecular weight excluding hydrogens is 192 g/mol. The zero-order valence-electron chi connectivity index (χ0n) is 9.16. The van der Waals surface area contributed by atoms with E-state index in [4.69, 9.17) is 0 Å². The lowest BCUT2D eigenvalue weighted by atomic mass is 10.1. The fourth-order valence-corrected chi connectivity index (χ4v) is 2.13. The predicted octanol–water partition coefficient (Wildman–Crippen LogP) is 1.30. The van der Waals surface area contributed by atoms with Gasteiger partial charge in [0.2, 0.25) is 0 Å². The molecule has 1 N–H and O–H groups in total. The average molecular weight is 210 g/mol. The minimum absolute atomic E-state index is 0.0289. The highest BCUT2D eigenvalue weighted by Gasteiger charge is 2.32. The molecule has 1 aliphatic carbocycles.